The molecule has 102 valence electrons. The summed E-state index contributed by atoms with van der Waals surface area (Å²) in [6, 6.07) is 3.86. The average molecular weight is 402 g/mol. The molecule has 0 spiro atoms. The molecule has 1 saturated heterocycles. The lowest BCUT2D eigenvalue weighted by Crippen LogP contribution is -2.47. The molecule has 2 heterocycles. The number of rotatable bonds is 2. The van der Waals surface area contributed by atoms with Crippen LogP contribution < -0.4 is 5.73 Å². The van der Waals surface area contributed by atoms with Crippen LogP contribution in [0.15, 0.2) is 17.1 Å². The second-order valence-electron chi connectivity index (χ2n) is 4.01. The first-order valence-electron chi connectivity index (χ1n) is 5.56. The van der Waals surface area contributed by atoms with Gasteiger partial charge in [0.1, 0.15) is 0 Å². The summed E-state index contributed by atoms with van der Waals surface area (Å²) in [6.07, 6.45) is 0.216. The highest BCUT2D eigenvalue weighted by Gasteiger charge is 2.17. The Kier molecular flexibility index (Phi) is 6.68. The van der Waals surface area contributed by atoms with E-state index in [1.807, 2.05) is 19.1 Å². The average Bonchev–Trinajstić information content (AvgIpc) is 2.72. The lowest BCUT2D eigenvalue weighted by atomic mass is 10.3. The number of nitrogens with two attached hydrogens (primary N) is 1. The van der Waals surface area contributed by atoms with Gasteiger partial charge in [-0.1, -0.05) is 11.6 Å². The Bertz CT molecular complexity index is 413. The third kappa shape index (κ3) is 4.56. The second kappa shape index (κ2) is 7.52. The van der Waals surface area contributed by atoms with Gasteiger partial charge < -0.3 is 15.4 Å². The molecule has 1 unspecified atom stereocenters. The molecular weight excluding hydrogens is 385 g/mol. The zero-order valence-electron chi connectivity index (χ0n) is 10.1. The molecule has 0 bridgehead atoms. The molecule has 1 atom stereocenters. The SMILES string of the molecule is CC1CN(C(N)=NCc2ccc(Cl)s2)CCO1.I. The number of halogens is 2. The third-order valence-electron chi connectivity index (χ3n) is 2.59. The van der Waals surface area contributed by atoms with Gasteiger partial charge in [-0.15, -0.1) is 35.3 Å². The molecule has 1 aliphatic rings. The van der Waals surface area contributed by atoms with Crippen molar-refractivity contribution in [2.24, 2.45) is 10.7 Å². The summed E-state index contributed by atoms with van der Waals surface area (Å²) in [7, 11) is 0. The molecule has 7 heteroatoms. The summed E-state index contributed by atoms with van der Waals surface area (Å²) < 4.78 is 6.24. The molecule has 0 aromatic carbocycles. The van der Waals surface area contributed by atoms with Crippen LogP contribution in [0.4, 0.5) is 0 Å². The van der Waals surface area contributed by atoms with E-state index < -0.39 is 0 Å². The fourth-order valence-corrected chi connectivity index (χ4v) is 2.73. The van der Waals surface area contributed by atoms with E-state index in [1.165, 1.54) is 11.3 Å². The first-order valence-corrected chi connectivity index (χ1v) is 6.75. The largest absolute Gasteiger partial charge is 0.375 e. The van der Waals surface area contributed by atoms with Gasteiger partial charge in [0, 0.05) is 18.0 Å². The Morgan fingerprint density at radius 1 is 1.67 bits per heavy atom. The Balaban J connectivity index is 0.00000162. The van der Waals surface area contributed by atoms with Crippen LogP contribution in [0.2, 0.25) is 4.34 Å². The number of aliphatic imine (C=N–C) groups is 1. The summed E-state index contributed by atoms with van der Waals surface area (Å²) in [5.74, 6) is 0.588. The Morgan fingerprint density at radius 2 is 2.44 bits per heavy atom. The molecule has 1 aliphatic heterocycles. The summed E-state index contributed by atoms with van der Waals surface area (Å²) in [5, 5.41) is 0. The van der Waals surface area contributed by atoms with E-state index in [2.05, 4.69) is 9.89 Å². The zero-order chi connectivity index (χ0) is 12.3. The first-order chi connectivity index (χ1) is 8.15. The minimum absolute atomic E-state index is 0. The van der Waals surface area contributed by atoms with Gasteiger partial charge in [-0.05, 0) is 19.1 Å². The number of morpholine rings is 1. The van der Waals surface area contributed by atoms with E-state index in [9.17, 15) is 0 Å². The number of guanidine groups is 1. The van der Waals surface area contributed by atoms with E-state index in [0.29, 0.717) is 19.1 Å². The Hall–Kier alpha value is -0.0500. The van der Waals surface area contributed by atoms with Gasteiger partial charge in [-0.3, -0.25) is 0 Å². The summed E-state index contributed by atoms with van der Waals surface area (Å²) in [6.45, 7) is 4.96. The topological polar surface area (TPSA) is 50.8 Å². The smallest absolute Gasteiger partial charge is 0.191 e. The van der Waals surface area contributed by atoms with Crippen molar-refractivity contribution in [1.82, 2.24) is 4.90 Å². The van der Waals surface area contributed by atoms with E-state index in [0.717, 1.165) is 22.3 Å². The van der Waals surface area contributed by atoms with Crippen LogP contribution in [0, 0.1) is 0 Å². The maximum absolute atomic E-state index is 5.96. The number of thiophene rings is 1. The minimum Gasteiger partial charge on any atom is -0.375 e. The molecule has 0 amide bonds. The highest BCUT2D eigenvalue weighted by atomic mass is 127. The van der Waals surface area contributed by atoms with Crippen LogP contribution in [-0.4, -0.2) is 36.7 Å². The van der Waals surface area contributed by atoms with Gasteiger partial charge in [0.25, 0.3) is 0 Å². The van der Waals surface area contributed by atoms with Crippen LogP contribution in [0.25, 0.3) is 0 Å². The third-order valence-corrected chi connectivity index (χ3v) is 3.81. The minimum atomic E-state index is 0. The quantitative estimate of drug-likeness (QED) is 0.471. The van der Waals surface area contributed by atoms with Crippen LogP contribution in [0.3, 0.4) is 0 Å². The van der Waals surface area contributed by atoms with Crippen molar-refractivity contribution in [2.45, 2.75) is 19.6 Å². The number of hydrogen-bond acceptors (Lipinski definition) is 3. The predicted octanol–water partition coefficient (Wildman–Crippen LogP) is 2.55. The lowest BCUT2D eigenvalue weighted by Gasteiger charge is -2.31. The molecule has 0 saturated carbocycles. The molecule has 2 rings (SSSR count). The van der Waals surface area contributed by atoms with Crippen LogP contribution in [0.1, 0.15) is 11.8 Å². The number of hydrogen-bond donors (Lipinski definition) is 1. The van der Waals surface area contributed by atoms with Gasteiger partial charge >= 0.3 is 0 Å². The monoisotopic (exact) mass is 401 g/mol. The zero-order valence-corrected chi connectivity index (χ0v) is 14.0. The molecule has 1 aromatic heterocycles. The number of ether oxygens (including phenoxy) is 1. The highest BCUT2D eigenvalue weighted by Crippen LogP contribution is 2.21. The van der Waals surface area contributed by atoms with Crippen molar-refractivity contribution in [2.75, 3.05) is 19.7 Å². The molecule has 1 fully saturated rings. The van der Waals surface area contributed by atoms with E-state index in [4.69, 9.17) is 22.1 Å². The van der Waals surface area contributed by atoms with Crippen molar-refractivity contribution in [1.29, 1.82) is 0 Å². The summed E-state index contributed by atoms with van der Waals surface area (Å²) in [4.78, 5) is 7.57. The Morgan fingerprint density at radius 3 is 3.06 bits per heavy atom. The van der Waals surface area contributed by atoms with Crippen molar-refractivity contribution in [3.05, 3.63) is 21.3 Å². The van der Waals surface area contributed by atoms with Crippen LogP contribution in [0.5, 0.6) is 0 Å². The van der Waals surface area contributed by atoms with Crippen molar-refractivity contribution >= 4 is 52.9 Å². The van der Waals surface area contributed by atoms with Crippen LogP contribution in [-0.2, 0) is 11.3 Å². The molecule has 4 nitrogen and oxygen atoms in total. The maximum atomic E-state index is 5.96. The van der Waals surface area contributed by atoms with E-state index in [1.54, 1.807) is 0 Å². The first kappa shape index (κ1) is 16.0. The van der Waals surface area contributed by atoms with Gasteiger partial charge in [0.15, 0.2) is 5.96 Å². The Labute approximate surface area is 133 Å². The molecule has 2 N–H and O–H groups in total. The predicted molar refractivity (Wildman–Crippen MR) is 87.1 cm³/mol. The lowest BCUT2D eigenvalue weighted by molar-refractivity contribution is 0.00529. The highest BCUT2D eigenvalue weighted by molar-refractivity contribution is 14.0. The van der Waals surface area contributed by atoms with Gasteiger partial charge in [-0.2, -0.15) is 0 Å². The van der Waals surface area contributed by atoms with Gasteiger partial charge in [0.2, 0.25) is 0 Å². The fraction of sp³-hybridized carbons (Fsp3) is 0.545. The molecule has 18 heavy (non-hydrogen) atoms. The standard InChI is InChI=1S/C11H16ClN3OS.HI/c1-8-7-15(4-5-16-8)11(13)14-6-9-2-3-10(12)17-9;/h2-3,8H,4-7H2,1H3,(H2,13,14);1H. The van der Waals surface area contributed by atoms with E-state index >= 15 is 0 Å². The molecule has 0 radical (unpaired) electrons. The van der Waals surface area contributed by atoms with Gasteiger partial charge in [0.05, 0.1) is 23.6 Å². The second-order valence-corrected chi connectivity index (χ2v) is 5.81. The van der Waals surface area contributed by atoms with Crippen LogP contribution >= 0.6 is 46.9 Å². The van der Waals surface area contributed by atoms with Crippen molar-refractivity contribution < 1.29 is 4.74 Å². The molecular formula is C11H17ClIN3OS. The maximum Gasteiger partial charge on any atom is 0.191 e. The number of nitrogens with zero attached hydrogens (tertiary/aromatic N) is 2. The molecule has 0 aliphatic carbocycles. The van der Waals surface area contributed by atoms with Crippen molar-refractivity contribution in [3.63, 3.8) is 0 Å². The normalized spacial score (nSPS) is 20.7. The van der Waals surface area contributed by atoms with Gasteiger partial charge in [-0.25, -0.2) is 4.99 Å². The molecule has 1 aromatic rings. The summed E-state index contributed by atoms with van der Waals surface area (Å²) >= 11 is 7.39. The summed E-state index contributed by atoms with van der Waals surface area (Å²) in [5.41, 5.74) is 5.96. The van der Waals surface area contributed by atoms with Crippen molar-refractivity contribution in [3.8, 4) is 0 Å². The van der Waals surface area contributed by atoms with E-state index in [-0.39, 0.29) is 30.1 Å². The fourth-order valence-electron chi connectivity index (χ4n) is 1.72.